The van der Waals surface area contributed by atoms with Crippen LogP contribution in [0.25, 0.3) is 0 Å². The van der Waals surface area contributed by atoms with E-state index in [2.05, 4.69) is 6.07 Å². The average molecular weight is 217 g/mol. The summed E-state index contributed by atoms with van der Waals surface area (Å²) >= 11 is 0. The molecule has 1 saturated heterocycles. The molecule has 3 heteroatoms. The monoisotopic (exact) mass is 217 g/mol. The van der Waals surface area contributed by atoms with E-state index < -0.39 is 0 Å². The first-order chi connectivity index (χ1) is 7.90. The minimum absolute atomic E-state index is 0.0968. The largest absolute Gasteiger partial charge is 0.353 e. The van der Waals surface area contributed by atoms with Crippen molar-refractivity contribution in [1.29, 1.82) is 5.26 Å². The number of ether oxygens (including phenoxy) is 2. The first kappa shape index (κ1) is 11.1. The number of benzene rings is 1. The highest BCUT2D eigenvalue weighted by Crippen LogP contribution is 2.16. The van der Waals surface area contributed by atoms with Crippen LogP contribution in [-0.4, -0.2) is 12.9 Å². The van der Waals surface area contributed by atoms with Crippen LogP contribution in [0.4, 0.5) is 0 Å². The summed E-state index contributed by atoms with van der Waals surface area (Å²) in [4.78, 5) is 0. The average Bonchev–Trinajstić information content (AvgIpc) is 2.38. The molecule has 1 heterocycles. The molecular formula is C13H15NO2. The molecule has 0 radical (unpaired) electrons. The summed E-state index contributed by atoms with van der Waals surface area (Å²) in [6.07, 6.45) is 3.13. The Morgan fingerprint density at radius 1 is 1.38 bits per heavy atom. The van der Waals surface area contributed by atoms with Gasteiger partial charge in [0.05, 0.1) is 18.2 Å². The smallest absolute Gasteiger partial charge is 0.158 e. The molecule has 1 aromatic carbocycles. The Balaban J connectivity index is 1.91. The van der Waals surface area contributed by atoms with Crippen molar-refractivity contribution in [3.63, 3.8) is 0 Å². The van der Waals surface area contributed by atoms with Gasteiger partial charge in [-0.05, 0) is 30.9 Å². The lowest BCUT2D eigenvalue weighted by molar-refractivity contribution is -0.168. The third-order valence-corrected chi connectivity index (χ3v) is 2.70. The van der Waals surface area contributed by atoms with Crippen LogP contribution in [0.5, 0.6) is 0 Å². The van der Waals surface area contributed by atoms with Gasteiger partial charge in [0.2, 0.25) is 0 Å². The maximum Gasteiger partial charge on any atom is 0.158 e. The van der Waals surface area contributed by atoms with Crippen LogP contribution in [-0.2, 0) is 16.1 Å². The molecule has 1 unspecified atom stereocenters. The van der Waals surface area contributed by atoms with Crippen molar-refractivity contribution in [2.45, 2.75) is 32.2 Å². The predicted octanol–water partition coefficient (Wildman–Crippen LogP) is 2.60. The molecule has 1 atom stereocenters. The van der Waals surface area contributed by atoms with E-state index in [1.165, 1.54) is 0 Å². The van der Waals surface area contributed by atoms with Crippen LogP contribution in [0.1, 0.15) is 30.4 Å². The summed E-state index contributed by atoms with van der Waals surface area (Å²) < 4.78 is 11.1. The Labute approximate surface area is 95.6 Å². The Hall–Kier alpha value is -1.37. The van der Waals surface area contributed by atoms with Crippen molar-refractivity contribution < 1.29 is 9.47 Å². The second-order valence-corrected chi connectivity index (χ2v) is 3.88. The lowest BCUT2D eigenvalue weighted by atomic mass is 10.1. The van der Waals surface area contributed by atoms with Gasteiger partial charge in [-0.25, -0.2) is 0 Å². The summed E-state index contributed by atoms with van der Waals surface area (Å²) in [7, 11) is 0. The molecule has 16 heavy (non-hydrogen) atoms. The molecule has 2 rings (SSSR count). The molecule has 1 aliphatic rings. The minimum atomic E-state index is -0.0968. The van der Waals surface area contributed by atoms with E-state index >= 15 is 0 Å². The van der Waals surface area contributed by atoms with Crippen LogP contribution in [0, 0.1) is 11.3 Å². The van der Waals surface area contributed by atoms with Gasteiger partial charge >= 0.3 is 0 Å². The fourth-order valence-electron chi connectivity index (χ4n) is 1.78. The topological polar surface area (TPSA) is 42.2 Å². The summed E-state index contributed by atoms with van der Waals surface area (Å²) in [6, 6.07) is 9.66. The Morgan fingerprint density at radius 2 is 2.25 bits per heavy atom. The van der Waals surface area contributed by atoms with Crippen LogP contribution in [0.15, 0.2) is 24.3 Å². The SMILES string of the molecule is N#Cc1ccccc1COC1CCCCO1. The van der Waals surface area contributed by atoms with E-state index in [1.54, 1.807) is 6.07 Å². The van der Waals surface area contributed by atoms with Gasteiger partial charge in [-0.2, -0.15) is 5.26 Å². The van der Waals surface area contributed by atoms with Crippen molar-refractivity contribution in [1.82, 2.24) is 0 Å². The molecule has 0 amide bonds. The highest BCUT2D eigenvalue weighted by molar-refractivity contribution is 5.36. The van der Waals surface area contributed by atoms with Gasteiger partial charge in [0.15, 0.2) is 6.29 Å². The van der Waals surface area contributed by atoms with E-state index in [9.17, 15) is 0 Å². The fourth-order valence-corrected chi connectivity index (χ4v) is 1.78. The first-order valence-electron chi connectivity index (χ1n) is 5.61. The summed E-state index contributed by atoms with van der Waals surface area (Å²) in [5.74, 6) is 0. The van der Waals surface area contributed by atoms with Crippen molar-refractivity contribution in [2.75, 3.05) is 6.61 Å². The minimum Gasteiger partial charge on any atom is -0.353 e. The molecule has 84 valence electrons. The van der Waals surface area contributed by atoms with Crippen molar-refractivity contribution in [3.8, 4) is 6.07 Å². The molecule has 3 nitrogen and oxygen atoms in total. The van der Waals surface area contributed by atoms with Gasteiger partial charge in [0, 0.05) is 6.61 Å². The third-order valence-electron chi connectivity index (χ3n) is 2.70. The predicted molar refractivity (Wildman–Crippen MR) is 59.5 cm³/mol. The normalized spacial score (nSPS) is 20.3. The molecular weight excluding hydrogens is 202 g/mol. The molecule has 1 aromatic rings. The summed E-state index contributed by atoms with van der Waals surface area (Å²) in [5, 5.41) is 8.92. The second-order valence-electron chi connectivity index (χ2n) is 3.88. The Kier molecular flexibility index (Phi) is 3.92. The molecule has 0 aliphatic carbocycles. The number of hydrogen-bond acceptors (Lipinski definition) is 3. The highest BCUT2D eigenvalue weighted by Gasteiger charge is 2.14. The molecule has 0 saturated carbocycles. The van der Waals surface area contributed by atoms with Gasteiger partial charge < -0.3 is 9.47 Å². The van der Waals surface area contributed by atoms with Crippen LogP contribution < -0.4 is 0 Å². The second kappa shape index (κ2) is 5.64. The Morgan fingerprint density at radius 3 is 3.00 bits per heavy atom. The van der Waals surface area contributed by atoms with Crippen molar-refractivity contribution >= 4 is 0 Å². The molecule has 0 N–H and O–H groups in total. The zero-order valence-electron chi connectivity index (χ0n) is 9.19. The summed E-state index contributed by atoms with van der Waals surface area (Å²) in [6.45, 7) is 1.24. The van der Waals surface area contributed by atoms with E-state index in [4.69, 9.17) is 14.7 Å². The molecule has 1 aliphatic heterocycles. The fraction of sp³-hybridized carbons (Fsp3) is 0.462. The zero-order chi connectivity index (χ0) is 11.2. The quantitative estimate of drug-likeness (QED) is 0.781. The number of nitriles is 1. The standard InChI is InChI=1S/C13H15NO2/c14-9-11-5-1-2-6-12(11)10-16-13-7-3-4-8-15-13/h1-2,5-6,13H,3-4,7-8,10H2. The van der Waals surface area contributed by atoms with Gasteiger partial charge in [-0.1, -0.05) is 18.2 Å². The van der Waals surface area contributed by atoms with Gasteiger partial charge in [0.1, 0.15) is 0 Å². The molecule has 0 bridgehead atoms. The van der Waals surface area contributed by atoms with E-state index in [0.29, 0.717) is 12.2 Å². The Bertz CT molecular complexity index is 378. The van der Waals surface area contributed by atoms with Crippen LogP contribution in [0.3, 0.4) is 0 Å². The molecule has 0 spiro atoms. The lowest BCUT2D eigenvalue weighted by Gasteiger charge is -2.22. The zero-order valence-corrected chi connectivity index (χ0v) is 9.19. The first-order valence-corrected chi connectivity index (χ1v) is 5.61. The molecule has 0 aromatic heterocycles. The van der Waals surface area contributed by atoms with E-state index in [-0.39, 0.29) is 6.29 Å². The van der Waals surface area contributed by atoms with E-state index in [0.717, 1.165) is 31.4 Å². The maximum atomic E-state index is 8.92. The van der Waals surface area contributed by atoms with Crippen LogP contribution in [0.2, 0.25) is 0 Å². The van der Waals surface area contributed by atoms with Gasteiger partial charge in [-0.3, -0.25) is 0 Å². The van der Waals surface area contributed by atoms with Crippen molar-refractivity contribution in [2.24, 2.45) is 0 Å². The van der Waals surface area contributed by atoms with Crippen molar-refractivity contribution in [3.05, 3.63) is 35.4 Å². The van der Waals surface area contributed by atoms with Gasteiger partial charge in [0.25, 0.3) is 0 Å². The number of nitrogens with zero attached hydrogens (tertiary/aromatic N) is 1. The van der Waals surface area contributed by atoms with Gasteiger partial charge in [-0.15, -0.1) is 0 Å². The number of hydrogen-bond donors (Lipinski definition) is 0. The highest BCUT2D eigenvalue weighted by atomic mass is 16.7. The van der Waals surface area contributed by atoms with E-state index in [1.807, 2.05) is 18.2 Å². The van der Waals surface area contributed by atoms with Crippen LogP contribution >= 0.6 is 0 Å². The lowest BCUT2D eigenvalue weighted by Crippen LogP contribution is -2.22. The molecule has 1 fully saturated rings. The summed E-state index contributed by atoms with van der Waals surface area (Å²) in [5.41, 5.74) is 1.61. The third kappa shape index (κ3) is 2.82. The number of rotatable bonds is 3. The maximum absolute atomic E-state index is 8.92.